The summed E-state index contributed by atoms with van der Waals surface area (Å²) in [5.74, 6) is 0.384. The number of ether oxygens (including phenoxy) is 2. The highest BCUT2D eigenvalue weighted by Crippen LogP contribution is 2.27. The molecule has 0 amide bonds. The molecule has 4 heteroatoms. The molecule has 2 atom stereocenters. The smallest absolute Gasteiger partial charge is 0.133 e. The second-order valence-corrected chi connectivity index (χ2v) is 4.89. The fraction of sp³-hybridized carbons (Fsp3) is 0.500. The van der Waals surface area contributed by atoms with Gasteiger partial charge in [0.15, 0.2) is 0 Å². The van der Waals surface area contributed by atoms with Gasteiger partial charge in [-0.1, -0.05) is 0 Å². The highest BCUT2D eigenvalue weighted by molar-refractivity contribution is 9.10. The lowest BCUT2D eigenvalue weighted by molar-refractivity contribution is 0.0263. The van der Waals surface area contributed by atoms with Gasteiger partial charge in [0, 0.05) is 0 Å². The average Bonchev–Trinajstić information content (AvgIpc) is 2.63. The van der Waals surface area contributed by atoms with E-state index in [9.17, 15) is 4.39 Å². The van der Waals surface area contributed by atoms with Crippen LogP contribution in [-0.4, -0.2) is 18.8 Å². The van der Waals surface area contributed by atoms with Crippen LogP contribution >= 0.6 is 15.9 Å². The maximum Gasteiger partial charge on any atom is 0.133 e. The van der Waals surface area contributed by atoms with Crippen molar-refractivity contribution in [3.05, 3.63) is 28.5 Å². The van der Waals surface area contributed by atoms with Crippen LogP contribution in [-0.2, 0) is 4.74 Å². The molecule has 1 aromatic carbocycles. The second kappa shape index (κ2) is 5.15. The van der Waals surface area contributed by atoms with Gasteiger partial charge in [0.25, 0.3) is 0 Å². The molecule has 1 fully saturated rings. The molecule has 0 aromatic heterocycles. The van der Waals surface area contributed by atoms with E-state index in [1.165, 1.54) is 12.1 Å². The fourth-order valence-electron chi connectivity index (χ4n) is 1.78. The quantitative estimate of drug-likeness (QED) is 0.847. The van der Waals surface area contributed by atoms with Crippen LogP contribution in [0.3, 0.4) is 0 Å². The molecule has 2 rings (SSSR count). The predicted molar refractivity (Wildman–Crippen MR) is 63.2 cm³/mol. The van der Waals surface area contributed by atoms with Crippen molar-refractivity contribution in [2.45, 2.75) is 32.0 Å². The van der Waals surface area contributed by atoms with E-state index >= 15 is 0 Å². The van der Waals surface area contributed by atoms with Crippen LogP contribution in [0.4, 0.5) is 4.39 Å². The molecule has 2 unspecified atom stereocenters. The zero-order chi connectivity index (χ0) is 11.5. The van der Waals surface area contributed by atoms with Crippen LogP contribution in [0, 0.1) is 5.82 Å². The van der Waals surface area contributed by atoms with Gasteiger partial charge in [-0.2, -0.15) is 0 Å². The van der Waals surface area contributed by atoms with Crippen molar-refractivity contribution in [1.29, 1.82) is 0 Å². The Bertz CT molecular complexity index is 370. The average molecular weight is 289 g/mol. The third-order valence-corrected chi connectivity index (χ3v) is 3.26. The lowest BCUT2D eigenvalue weighted by Crippen LogP contribution is -2.18. The first-order chi connectivity index (χ1) is 7.65. The third kappa shape index (κ3) is 2.95. The molecule has 0 bridgehead atoms. The molecule has 1 heterocycles. The Morgan fingerprint density at radius 2 is 2.31 bits per heavy atom. The van der Waals surface area contributed by atoms with Gasteiger partial charge in [-0.3, -0.25) is 0 Å². The zero-order valence-electron chi connectivity index (χ0n) is 9.08. The van der Waals surface area contributed by atoms with Crippen LogP contribution in [0.1, 0.15) is 19.8 Å². The first-order valence-electron chi connectivity index (χ1n) is 5.38. The minimum atomic E-state index is -0.273. The fourth-order valence-corrected chi connectivity index (χ4v) is 2.25. The van der Waals surface area contributed by atoms with Gasteiger partial charge in [0.1, 0.15) is 18.2 Å². The maximum absolute atomic E-state index is 12.8. The summed E-state index contributed by atoms with van der Waals surface area (Å²) in [6.45, 7) is 2.59. The highest BCUT2D eigenvalue weighted by Gasteiger charge is 2.22. The van der Waals surface area contributed by atoms with E-state index in [0.717, 1.165) is 12.8 Å². The van der Waals surface area contributed by atoms with Gasteiger partial charge in [0.2, 0.25) is 0 Å². The van der Waals surface area contributed by atoms with E-state index in [1.54, 1.807) is 6.07 Å². The lowest BCUT2D eigenvalue weighted by atomic mass is 10.2. The van der Waals surface area contributed by atoms with Gasteiger partial charge >= 0.3 is 0 Å². The second-order valence-electron chi connectivity index (χ2n) is 4.03. The van der Waals surface area contributed by atoms with Crippen molar-refractivity contribution in [3.63, 3.8) is 0 Å². The van der Waals surface area contributed by atoms with E-state index in [2.05, 4.69) is 22.9 Å². The number of hydrogen-bond donors (Lipinski definition) is 0. The summed E-state index contributed by atoms with van der Waals surface area (Å²) in [5, 5.41) is 0. The summed E-state index contributed by atoms with van der Waals surface area (Å²) in [5.41, 5.74) is 0. The minimum absolute atomic E-state index is 0.159. The monoisotopic (exact) mass is 288 g/mol. The van der Waals surface area contributed by atoms with Crippen molar-refractivity contribution in [2.75, 3.05) is 6.61 Å². The van der Waals surface area contributed by atoms with Gasteiger partial charge < -0.3 is 9.47 Å². The molecule has 1 aliphatic heterocycles. The molecule has 16 heavy (non-hydrogen) atoms. The van der Waals surface area contributed by atoms with Crippen LogP contribution in [0.5, 0.6) is 5.75 Å². The Kier molecular flexibility index (Phi) is 3.82. The summed E-state index contributed by atoms with van der Waals surface area (Å²) < 4.78 is 24.7. The van der Waals surface area contributed by atoms with Crippen LogP contribution in [0.2, 0.25) is 0 Å². The Morgan fingerprint density at radius 3 is 2.94 bits per heavy atom. The van der Waals surface area contributed by atoms with E-state index < -0.39 is 0 Å². The molecule has 0 spiro atoms. The Labute approximate surface area is 103 Å². The standard InChI is InChI=1S/C12H14BrFO2/c1-8-2-4-10(16-8)7-15-12-5-3-9(14)6-11(12)13/h3,5-6,8,10H,2,4,7H2,1H3. The van der Waals surface area contributed by atoms with Crippen molar-refractivity contribution in [2.24, 2.45) is 0 Å². The maximum atomic E-state index is 12.8. The SMILES string of the molecule is CC1CCC(COc2ccc(F)cc2Br)O1. The van der Waals surface area contributed by atoms with Crippen molar-refractivity contribution in [3.8, 4) is 5.75 Å². The molecular weight excluding hydrogens is 275 g/mol. The molecule has 0 aliphatic carbocycles. The largest absolute Gasteiger partial charge is 0.490 e. The number of benzene rings is 1. The summed E-state index contributed by atoms with van der Waals surface area (Å²) in [6, 6.07) is 4.41. The summed E-state index contributed by atoms with van der Waals surface area (Å²) in [4.78, 5) is 0. The van der Waals surface area contributed by atoms with Crippen LogP contribution < -0.4 is 4.74 Å². The van der Waals surface area contributed by atoms with E-state index in [4.69, 9.17) is 9.47 Å². The van der Waals surface area contributed by atoms with Gasteiger partial charge in [-0.25, -0.2) is 4.39 Å². The number of halogens is 2. The molecule has 0 radical (unpaired) electrons. The molecule has 1 aliphatic rings. The van der Waals surface area contributed by atoms with Crippen LogP contribution in [0.15, 0.2) is 22.7 Å². The van der Waals surface area contributed by atoms with Gasteiger partial charge in [0.05, 0.1) is 16.7 Å². The lowest BCUT2D eigenvalue weighted by Gasteiger charge is -2.13. The molecule has 1 saturated heterocycles. The van der Waals surface area contributed by atoms with Crippen molar-refractivity contribution < 1.29 is 13.9 Å². The topological polar surface area (TPSA) is 18.5 Å². The normalized spacial score (nSPS) is 24.7. The third-order valence-electron chi connectivity index (χ3n) is 2.64. The molecular formula is C12H14BrFO2. The van der Waals surface area contributed by atoms with Crippen molar-refractivity contribution >= 4 is 15.9 Å². The van der Waals surface area contributed by atoms with Gasteiger partial charge in [-0.05, 0) is 53.9 Å². The Hall–Kier alpha value is -0.610. The number of rotatable bonds is 3. The molecule has 0 saturated carbocycles. The van der Waals surface area contributed by atoms with Crippen molar-refractivity contribution in [1.82, 2.24) is 0 Å². The highest BCUT2D eigenvalue weighted by atomic mass is 79.9. The first-order valence-corrected chi connectivity index (χ1v) is 6.18. The Morgan fingerprint density at radius 1 is 1.50 bits per heavy atom. The summed E-state index contributed by atoms with van der Waals surface area (Å²) in [7, 11) is 0. The Balaban J connectivity index is 1.89. The molecule has 2 nitrogen and oxygen atoms in total. The number of hydrogen-bond acceptors (Lipinski definition) is 2. The zero-order valence-corrected chi connectivity index (χ0v) is 10.7. The van der Waals surface area contributed by atoms with Crippen LogP contribution in [0.25, 0.3) is 0 Å². The van der Waals surface area contributed by atoms with E-state index in [1.807, 2.05) is 0 Å². The summed E-state index contributed by atoms with van der Waals surface area (Å²) in [6.07, 6.45) is 2.59. The summed E-state index contributed by atoms with van der Waals surface area (Å²) >= 11 is 3.26. The minimum Gasteiger partial charge on any atom is -0.490 e. The van der Waals surface area contributed by atoms with Gasteiger partial charge in [-0.15, -0.1) is 0 Å². The first kappa shape index (κ1) is 11.9. The molecule has 88 valence electrons. The molecule has 0 N–H and O–H groups in total. The molecule has 1 aromatic rings. The van der Waals surface area contributed by atoms with E-state index in [-0.39, 0.29) is 11.9 Å². The predicted octanol–water partition coefficient (Wildman–Crippen LogP) is 3.53. The van der Waals surface area contributed by atoms with E-state index in [0.29, 0.717) is 22.9 Å².